The number of anilines is 1. The van der Waals surface area contributed by atoms with Crippen molar-refractivity contribution in [3.63, 3.8) is 0 Å². The van der Waals surface area contributed by atoms with Crippen LogP contribution in [0.25, 0.3) is 6.08 Å². The molecule has 1 heterocycles. The predicted molar refractivity (Wildman–Crippen MR) is 111 cm³/mol. The van der Waals surface area contributed by atoms with Crippen molar-refractivity contribution in [2.75, 3.05) is 26.2 Å². The van der Waals surface area contributed by atoms with Crippen molar-refractivity contribution < 1.29 is 37.0 Å². The molecule has 0 N–H and O–H groups in total. The van der Waals surface area contributed by atoms with Crippen LogP contribution < -0.4 is 14.4 Å². The number of benzene rings is 2. The molecule has 2 aromatic rings. The number of carbonyl (C=O) groups is 2. The van der Waals surface area contributed by atoms with Crippen LogP contribution in [0.3, 0.4) is 0 Å². The highest BCUT2D eigenvalue weighted by Gasteiger charge is 2.39. The van der Waals surface area contributed by atoms with Gasteiger partial charge in [-0.3, -0.25) is 9.69 Å². The molecule has 0 aromatic heterocycles. The van der Waals surface area contributed by atoms with Crippen molar-refractivity contribution in [3.05, 3.63) is 70.4 Å². The lowest BCUT2D eigenvalue weighted by atomic mass is 10.00. The molecule has 0 atom stereocenters. The van der Waals surface area contributed by atoms with Crippen molar-refractivity contribution in [1.29, 1.82) is 0 Å². The average molecular weight is 447 g/mol. The van der Waals surface area contributed by atoms with E-state index < -0.39 is 23.6 Å². The zero-order valence-electron chi connectivity index (χ0n) is 17.7. The first-order valence-corrected chi connectivity index (χ1v) is 9.38. The standard InChI is InChI=1S/C23H20F3NO5/c1-13-20(22(29)32-4)16(11-14-7-5-6-8-17(14)23(24,25)26)21(28)27(13)15-9-10-18(30-2)19(12-15)31-3/h5-12H,1-4H3/b16-11-. The molecule has 1 amide bonds. The molecule has 0 saturated carbocycles. The van der Waals surface area contributed by atoms with E-state index in [0.717, 1.165) is 19.3 Å². The monoisotopic (exact) mass is 447 g/mol. The van der Waals surface area contributed by atoms with Crippen LogP contribution in [-0.4, -0.2) is 33.2 Å². The molecule has 6 nitrogen and oxygen atoms in total. The molecule has 0 bridgehead atoms. The lowest BCUT2D eigenvalue weighted by molar-refractivity contribution is -0.138. The second kappa shape index (κ2) is 8.78. The molecule has 0 saturated heterocycles. The summed E-state index contributed by atoms with van der Waals surface area (Å²) in [6.45, 7) is 1.51. The third-order valence-electron chi connectivity index (χ3n) is 4.98. The first kappa shape index (κ1) is 22.9. The van der Waals surface area contributed by atoms with Crippen molar-refractivity contribution in [2.45, 2.75) is 13.1 Å². The number of carbonyl (C=O) groups excluding carboxylic acids is 2. The summed E-state index contributed by atoms with van der Waals surface area (Å²) in [7, 11) is 4.01. The Bertz CT molecular complexity index is 1130. The maximum absolute atomic E-state index is 13.5. The van der Waals surface area contributed by atoms with Crippen LogP contribution in [0.1, 0.15) is 18.1 Å². The Morgan fingerprint density at radius 2 is 1.66 bits per heavy atom. The van der Waals surface area contributed by atoms with Crippen LogP contribution in [0, 0.1) is 0 Å². The summed E-state index contributed by atoms with van der Waals surface area (Å²) in [4.78, 5) is 27.0. The van der Waals surface area contributed by atoms with Crippen LogP contribution >= 0.6 is 0 Å². The van der Waals surface area contributed by atoms with E-state index in [9.17, 15) is 22.8 Å². The molecule has 9 heteroatoms. The minimum Gasteiger partial charge on any atom is -0.493 e. The summed E-state index contributed by atoms with van der Waals surface area (Å²) >= 11 is 0. The van der Waals surface area contributed by atoms with Gasteiger partial charge in [0.1, 0.15) is 0 Å². The molecule has 1 aliphatic rings. The lowest BCUT2D eigenvalue weighted by Crippen LogP contribution is -2.24. The summed E-state index contributed by atoms with van der Waals surface area (Å²) in [5.74, 6) is -0.751. The minimum atomic E-state index is -4.64. The van der Waals surface area contributed by atoms with Crippen molar-refractivity contribution in [2.24, 2.45) is 0 Å². The number of ether oxygens (including phenoxy) is 3. The van der Waals surface area contributed by atoms with Crippen LogP contribution in [-0.2, 0) is 20.5 Å². The average Bonchev–Trinajstić information content (AvgIpc) is 3.01. The molecule has 2 aromatic carbocycles. The predicted octanol–water partition coefficient (Wildman–Crippen LogP) is 4.60. The number of hydrogen-bond donors (Lipinski definition) is 0. The molecule has 0 fully saturated rings. The molecule has 1 aliphatic heterocycles. The fourth-order valence-electron chi connectivity index (χ4n) is 3.49. The largest absolute Gasteiger partial charge is 0.493 e. The van der Waals surface area contributed by atoms with E-state index in [4.69, 9.17) is 14.2 Å². The van der Waals surface area contributed by atoms with Gasteiger partial charge in [-0.15, -0.1) is 0 Å². The molecule has 32 heavy (non-hydrogen) atoms. The number of methoxy groups -OCH3 is 3. The topological polar surface area (TPSA) is 65.1 Å². The van der Waals surface area contributed by atoms with Gasteiger partial charge in [-0.25, -0.2) is 4.79 Å². The Labute approximate surface area is 182 Å². The van der Waals surface area contributed by atoms with Crippen LogP contribution in [0.15, 0.2) is 59.3 Å². The highest BCUT2D eigenvalue weighted by atomic mass is 19.4. The minimum absolute atomic E-state index is 0.121. The summed E-state index contributed by atoms with van der Waals surface area (Å²) in [6.07, 6.45) is -3.58. The maximum Gasteiger partial charge on any atom is 0.416 e. The van der Waals surface area contributed by atoms with Gasteiger partial charge in [0, 0.05) is 11.8 Å². The van der Waals surface area contributed by atoms with Crippen LogP contribution in [0.4, 0.5) is 18.9 Å². The normalized spacial score (nSPS) is 15.4. The van der Waals surface area contributed by atoms with Crippen LogP contribution in [0.5, 0.6) is 11.5 Å². The fraction of sp³-hybridized carbons (Fsp3) is 0.217. The third kappa shape index (κ3) is 4.05. The molecular weight excluding hydrogens is 427 g/mol. The number of halogens is 3. The number of rotatable bonds is 5. The summed E-state index contributed by atoms with van der Waals surface area (Å²) in [5.41, 5.74) is -0.938. The van der Waals surface area contributed by atoms with Gasteiger partial charge in [0.2, 0.25) is 0 Å². The van der Waals surface area contributed by atoms with Gasteiger partial charge in [-0.05, 0) is 36.8 Å². The van der Waals surface area contributed by atoms with Gasteiger partial charge in [0.25, 0.3) is 5.91 Å². The Kier molecular flexibility index (Phi) is 6.29. The molecule has 0 radical (unpaired) electrons. The first-order valence-electron chi connectivity index (χ1n) is 9.38. The summed E-state index contributed by atoms with van der Waals surface area (Å²) in [5, 5.41) is 0. The van der Waals surface area contributed by atoms with E-state index in [1.54, 1.807) is 12.1 Å². The SMILES string of the molecule is COC(=O)C1=C(C)N(c2ccc(OC)c(OC)c2)C(=O)/C1=C\c1ccccc1C(F)(F)F. The maximum atomic E-state index is 13.5. The van der Waals surface area contributed by atoms with E-state index in [0.29, 0.717) is 17.2 Å². The quantitative estimate of drug-likeness (QED) is 0.495. The smallest absolute Gasteiger partial charge is 0.416 e. The van der Waals surface area contributed by atoms with E-state index in [1.807, 2.05) is 0 Å². The van der Waals surface area contributed by atoms with E-state index >= 15 is 0 Å². The number of nitrogens with zero attached hydrogens (tertiary/aromatic N) is 1. The van der Waals surface area contributed by atoms with Crippen molar-refractivity contribution in [1.82, 2.24) is 0 Å². The highest BCUT2D eigenvalue weighted by Crippen LogP contribution is 2.40. The van der Waals surface area contributed by atoms with Crippen LogP contribution in [0.2, 0.25) is 0 Å². The molecular formula is C23H20F3NO5. The number of amides is 1. The van der Waals surface area contributed by atoms with E-state index in [-0.39, 0.29) is 22.4 Å². The molecule has 0 spiro atoms. The zero-order valence-corrected chi connectivity index (χ0v) is 17.7. The second-order valence-electron chi connectivity index (χ2n) is 6.77. The van der Waals surface area contributed by atoms with Gasteiger partial charge in [0.05, 0.1) is 43.7 Å². The second-order valence-corrected chi connectivity index (χ2v) is 6.77. The summed E-state index contributed by atoms with van der Waals surface area (Å²) < 4.78 is 55.6. The Morgan fingerprint density at radius 1 is 1.00 bits per heavy atom. The number of allylic oxidation sites excluding steroid dienone is 1. The Hall–Kier alpha value is -3.75. The first-order chi connectivity index (χ1) is 15.1. The molecule has 3 rings (SSSR count). The van der Waals surface area contributed by atoms with Crippen molar-refractivity contribution in [3.8, 4) is 11.5 Å². The molecule has 168 valence electrons. The van der Waals surface area contributed by atoms with Gasteiger partial charge in [0.15, 0.2) is 11.5 Å². The van der Waals surface area contributed by atoms with Gasteiger partial charge in [-0.1, -0.05) is 18.2 Å². The van der Waals surface area contributed by atoms with E-state index in [2.05, 4.69) is 0 Å². The zero-order chi connectivity index (χ0) is 23.6. The van der Waals surface area contributed by atoms with Gasteiger partial charge in [-0.2, -0.15) is 13.2 Å². The highest BCUT2D eigenvalue weighted by molar-refractivity contribution is 6.24. The number of hydrogen-bond acceptors (Lipinski definition) is 5. The van der Waals surface area contributed by atoms with Gasteiger partial charge < -0.3 is 14.2 Å². The lowest BCUT2D eigenvalue weighted by Gasteiger charge is -2.19. The molecule has 0 aliphatic carbocycles. The van der Waals surface area contributed by atoms with E-state index in [1.165, 1.54) is 50.3 Å². The van der Waals surface area contributed by atoms with Crippen molar-refractivity contribution >= 4 is 23.6 Å². The number of alkyl halides is 3. The Morgan fingerprint density at radius 3 is 2.25 bits per heavy atom. The van der Waals surface area contributed by atoms with Gasteiger partial charge >= 0.3 is 12.1 Å². The summed E-state index contributed by atoms with van der Waals surface area (Å²) in [6, 6.07) is 9.49. The Balaban J connectivity index is 2.19. The molecule has 0 unspecified atom stereocenters. The number of esters is 1. The third-order valence-corrected chi connectivity index (χ3v) is 4.98. The fourth-order valence-corrected chi connectivity index (χ4v) is 3.49.